The van der Waals surface area contributed by atoms with Crippen molar-refractivity contribution in [1.82, 2.24) is 9.78 Å². The predicted molar refractivity (Wildman–Crippen MR) is 125 cm³/mol. The van der Waals surface area contributed by atoms with Gasteiger partial charge in [0.05, 0.1) is 16.9 Å². The number of aryl methyl sites for hydroxylation is 2. The molecule has 12 heteroatoms. The van der Waals surface area contributed by atoms with E-state index in [1.165, 1.54) is 45.5 Å². The van der Waals surface area contributed by atoms with E-state index in [4.69, 9.17) is 0 Å². The lowest BCUT2D eigenvalue weighted by Crippen LogP contribution is -2.57. The molecule has 1 aromatic heterocycles. The summed E-state index contributed by atoms with van der Waals surface area (Å²) in [5, 5.41) is 4.11. The molecule has 0 spiro atoms. The summed E-state index contributed by atoms with van der Waals surface area (Å²) in [6.45, 7) is 8.99. The molecular formula is C25H31F6N3O3. The molecule has 0 radical (unpaired) electrons. The summed E-state index contributed by atoms with van der Waals surface area (Å²) in [7, 11) is 1.83. The topological polar surface area (TPSA) is 64.4 Å². The Bertz CT molecular complexity index is 1150. The number of benzene rings is 1. The zero-order valence-corrected chi connectivity index (χ0v) is 21.9. The van der Waals surface area contributed by atoms with Crippen LogP contribution in [0, 0.1) is 25.7 Å². The standard InChI is InChI=1S/C25H31F6N3O3/c1-13(2)12-17-10-9-11-18(20(17)23(37-8,24(26,27)28)25(29,30)31)34(21(35)14(3)4)22(36)19-15(5)32-33(7)16(19)6/h9-11,13-14H,12H2,1-8H3. The van der Waals surface area contributed by atoms with E-state index in [0.29, 0.717) is 12.0 Å². The number of rotatable bonds is 7. The highest BCUT2D eigenvalue weighted by Gasteiger charge is 2.74. The van der Waals surface area contributed by atoms with Gasteiger partial charge in [-0.05, 0) is 37.8 Å². The molecule has 2 rings (SSSR count). The molecule has 1 aromatic carbocycles. The van der Waals surface area contributed by atoms with E-state index in [-0.39, 0.29) is 34.9 Å². The summed E-state index contributed by atoms with van der Waals surface area (Å²) in [5.74, 6) is -3.38. The quantitative estimate of drug-likeness (QED) is 0.406. The number of halogens is 6. The molecule has 0 aliphatic heterocycles. The maximum Gasteiger partial charge on any atom is 0.430 e. The zero-order chi connectivity index (χ0) is 28.7. The maximum absolute atomic E-state index is 14.5. The number of ether oxygens (including phenoxy) is 1. The van der Waals surface area contributed by atoms with Gasteiger partial charge in [0.1, 0.15) is 0 Å². The molecule has 0 fully saturated rings. The third kappa shape index (κ3) is 5.25. The third-order valence-corrected chi connectivity index (χ3v) is 6.09. The Morgan fingerprint density at radius 2 is 1.57 bits per heavy atom. The van der Waals surface area contributed by atoms with Crippen molar-refractivity contribution in [2.24, 2.45) is 18.9 Å². The van der Waals surface area contributed by atoms with Gasteiger partial charge in [0.15, 0.2) is 0 Å². The molecule has 37 heavy (non-hydrogen) atoms. The van der Waals surface area contributed by atoms with Gasteiger partial charge in [-0.2, -0.15) is 31.4 Å². The number of anilines is 1. The van der Waals surface area contributed by atoms with Gasteiger partial charge in [0.2, 0.25) is 5.91 Å². The average Bonchev–Trinajstić information content (AvgIpc) is 2.99. The molecule has 0 aliphatic rings. The molecule has 0 unspecified atom stereocenters. The van der Waals surface area contributed by atoms with E-state index in [1.54, 1.807) is 13.8 Å². The average molecular weight is 536 g/mol. The van der Waals surface area contributed by atoms with Crippen LogP contribution in [0.15, 0.2) is 18.2 Å². The van der Waals surface area contributed by atoms with Crippen LogP contribution in [-0.2, 0) is 28.6 Å². The first-order valence-corrected chi connectivity index (χ1v) is 11.5. The van der Waals surface area contributed by atoms with Crippen LogP contribution in [-0.4, -0.2) is 41.1 Å². The molecule has 1 heterocycles. The molecule has 0 aliphatic carbocycles. The van der Waals surface area contributed by atoms with E-state index < -0.39 is 46.9 Å². The predicted octanol–water partition coefficient (Wildman–Crippen LogP) is 6.03. The highest BCUT2D eigenvalue weighted by atomic mass is 19.4. The van der Waals surface area contributed by atoms with Crippen molar-refractivity contribution >= 4 is 17.5 Å². The number of carbonyl (C=O) groups is 2. The van der Waals surface area contributed by atoms with Gasteiger partial charge >= 0.3 is 12.4 Å². The Hall–Kier alpha value is -2.89. The number of aromatic nitrogens is 2. The van der Waals surface area contributed by atoms with Crippen LogP contribution in [0.2, 0.25) is 0 Å². The fourth-order valence-electron chi connectivity index (χ4n) is 4.35. The van der Waals surface area contributed by atoms with Crippen LogP contribution < -0.4 is 4.90 Å². The first-order valence-electron chi connectivity index (χ1n) is 11.5. The number of hydrogen-bond donors (Lipinski definition) is 0. The van der Waals surface area contributed by atoms with Crippen LogP contribution >= 0.6 is 0 Å². The maximum atomic E-state index is 14.5. The number of methoxy groups -OCH3 is 1. The van der Waals surface area contributed by atoms with E-state index in [9.17, 15) is 35.9 Å². The highest BCUT2D eigenvalue weighted by Crippen LogP contribution is 2.56. The molecule has 0 atom stereocenters. The van der Waals surface area contributed by atoms with Crippen molar-refractivity contribution < 1.29 is 40.7 Å². The Balaban J connectivity index is 3.13. The van der Waals surface area contributed by atoms with Gasteiger partial charge in [-0.15, -0.1) is 0 Å². The lowest BCUT2D eigenvalue weighted by molar-refractivity contribution is -0.383. The van der Waals surface area contributed by atoms with Gasteiger partial charge < -0.3 is 4.74 Å². The highest BCUT2D eigenvalue weighted by molar-refractivity contribution is 6.22. The Morgan fingerprint density at radius 3 is 1.95 bits per heavy atom. The first-order chi connectivity index (χ1) is 16.8. The summed E-state index contributed by atoms with van der Waals surface area (Å²) in [6.07, 6.45) is -12.2. The molecule has 0 N–H and O–H groups in total. The van der Waals surface area contributed by atoms with Crippen molar-refractivity contribution in [1.29, 1.82) is 0 Å². The molecule has 0 saturated carbocycles. The lowest BCUT2D eigenvalue weighted by Gasteiger charge is -2.40. The van der Waals surface area contributed by atoms with Gasteiger partial charge in [0.25, 0.3) is 11.5 Å². The minimum Gasteiger partial charge on any atom is -0.357 e. The Kier molecular flexibility index (Phi) is 8.58. The van der Waals surface area contributed by atoms with Crippen molar-refractivity contribution in [3.8, 4) is 0 Å². The van der Waals surface area contributed by atoms with E-state index in [1.807, 2.05) is 0 Å². The number of amides is 2. The summed E-state index contributed by atoms with van der Waals surface area (Å²) in [4.78, 5) is 27.6. The minimum absolute atomic E-state index is 0.0984. The fourth-order valence-corrected chi connectivity index (χ4v) is 4.35. The van der Waals surface area contributed by atoms with E-state index >= 15 is 0 Å². The van der Waals surface area contributed by atoms with Gasteiger partial charge in [-0.25, -0.2) is 4.90 Å². The Morgan fingerprint density at radius 1 is 1.03 bits per heavy atom. The monoisotopic (exact) mass is 535 g/mol. The molecule has 0 bridgehead atoms. The minimum atomic E-state index is -5.99. The van der Waals surface area contributed by atoms with Gasteiger partial charge in [-0.1, -0.05) is 39.8 Å². The molecule has 2 amide bonds. The smallest absolute Gasteiger partial charge is 0.357 e. The zero-order valence-electron chi connectivity index (χ0n) is 21.9. The Labute approximate surface area is 211 Å². The third-order valence-electron chi connectivity index (χ3n) is 6.09. The summed E-state index contributed by atoms with van der Waals surface area (Å²) in [6, 6.07) is 3.25. The van der Waals surface area contributed by atoms with Gasteiger partial charge in [0, 0.05) is 31.3 Å². The fraction of sp³-hybridized carbons (Fsp3) is 0.560. The summed E-state index contributed by atoms with van der Waals surface area (Å²) in [5.41, 5.74) is -6.99. The lowest BCUT2D eigenvalue weighted by atomic mass is 9.83. The van der Waals surface area contributed by atoms with Crippen LogP contribution in [0.4, 0.5) is 32.0 Å². The number of hydrogen-bond acceptors (Lipinski definition) is 4. The second kappa shape index (κ2) is 10.5. The molecular weight excluding hydrogens is 504 g/mol. The number of carbonyl (C=O) groups excluding carboxylic acids is 2. The molecule has 2 aromatic rings. The number of nitrogens with zero attached hydrogens (tertiary/aromatic N) is 3. The van der Waals surface area contributed by atoms with Crippen molar-refractivity contribution in [3.63, 3.8) is 0 Å². The van der Waals surface area contributed by atoms with E-state index in [2.05, 4.69) is 9.84 Å². The van der Waals surface area contributed by atoms with Crippen molar-refractivity contribution in [3.05, 3.63) is 46.3 Å². The first kappa shape index (κ1) is 30.3. The normalized spacial score (nSPS) is 13.0. The van der Waals surface area contributed by atoms with Gasteiger partial charge in [-0.3, -0.25) is 14.3 Å². The molecule has 0 saturated heterocycles. The number of imide groups is 1. The van der Waals surface area contributed by atoms with Crippen molar-refractivity contribution in [2.45, 2.75) is 65.9 Å². The summed E-state index contributed by atoms with van der Waals surface area (Å²) < 4.78 is 92.6. The van der Waals surface area contributed by atoms with Crippen LogP contribution in [0.25, 0.3) is 0 Å². The van der Waals surface area contributed by atoms with Crippen molar-refractivity contribution in [2.75, 3.05) is 12.0 Å². The largest absolute Gasteiger partial charge is 0.430 e. The van der Waals surface area contributed by atoms with Crippen LogP contribution in [0.3, 0.4) is 0 Å². The second-order valence-corrected chi connectivity index (χ2v) is 9.59. The molecule has 6 nitrogen and oxygen atoms in total. The van der Waals surface area contributed by atoms with E-state index in [0.717, 1.165) is 12.1 Å². The second-order valence-electron chi connectivity index (χ2n) is 9.59. The molecule has 206 valence electrons. The number of alkyl halides is 6. The SMILES string of the molecule is COC(c1c(CC(C)C)cccc1N(C(=O)c1c(C)nn(C)c1C)C(=O)C(C)C)(C(F)(F)F)C(F)(F)F. The van der Waals surface area contributed by atoms with Crippen LogP contribution in [0.5, 0.6) is 0 Å². The summed E-state index contributed by atoms with van der Waals surface area (Å²) >= 11 is 0. The van der Waals surface area contributed by atoms with Crippen LogP contribution in [0.1, 0.15) is 60.6 Å².